The van der Waals surface area contributed by atoms with E-state index in [0.717, 1.165) is 17.4 Å². The molecule has 0 saturated carbocycles. The average Bonchev–Trinajstić information content (AvgIpc) is 3.08. The number of carbonyl (C=O) groups is 2. The third-order valence-corrected chi connectivity index (χ3v) is 14.5. The van der Waals surface area contributed by atoms with Crippen molar-refractivity contribution >= 4 is 55.4 Å². The Labute approximate surface area is 323 Å². The second kappa shape index (κ2) is 17.4. The molecule has 0 aliphatic rings. The maximum absolute atomic E-state index is 16.2. The Morgan fingerprint density at radius 1 is 0.962 bits per heavy atom. The smallest absolute Gasteiger partial charge is 0.410 e. The molecule has 284 valence electrons. The van der Waals surface area contributed by atoms with Crippen LogP contribution in [-0.2, 0) is 26.9 Å². The zero-order valence-corrected chi connectivity index (χ0v) is 34.4. The molecule has 2 aromatic carbocycles. The zero-order valence-electron chi connectivity index (χ0n) is 31.9. The Kier molecular flexibility index (Phi) is 13.7. The van der Waals surface area contributed by atoms with Crippen molar-refractivity contribution in [1.82, 2.24) is 14.9 Å². The fourth-order valence-corrected chi connectivity index (χ4v) is 6.85. The minimum Gasteiger partial charge on any atom is -0.496 e. The summed E-state index contributed by atoms with van der Waals surface area (Å²) in [6.45, 7) is 16.5. The maximum atomic E-state index is 16.2. The van der Waals surface area contributed by atoms with Crippen LogP contribution in [0.4, 0.5) is 20.7 Å². The lowest BCUT2D eigenvalue weighted by Gasteiger charge is -2.37. The van der Waals surface area contributed by atoms with Gasteiger partial charge in [-0.05, 0) is 75.2 Å². The van der Waals surface area contributed by atoms with Gasteiger partial charge in [0.2, 0.25) is 0 Å². The largest absolute Gasteiger partial charge is 0.496 e. The number of nitrogens with zero attached hydrogens (tertiary/aromatic N) is 3. The second-order valence-corrected chi connectivity index (χ2v) is 20.8. The number of hydrogen-bond donors (Lipinski definition) is 1. The molecule has 0 aliphatic heterocycles. The molecule has 0 atom stereocenters. The predicted molar refractivity (Wildman–Crippen MR) is 213 cm³/mol. The number of hydrogen-bond acceptors (Lipinski definition) is 8. The maximum Gasteiger partial charge on any atom is 0.410 e. The zero-order chi connectivity index (χ0) is 39.1. The van der Waals surface area contributed by atoms with Crippen LogP contribution >= 0.6 is 23.2 Å². The molecule has 13 heteroatoms. The number of anilines is 2. The van der Waals surface area contributed by atoms with Gasteiger partial charge in [0.15, 0.2) is 20.0 Å². The number of rotatable bonds is 14. The third-order valence-electron chi connectivity index (χ3n) is 9.14. The fourth-order valence-electron chi connectivity index (χ4n) is 5.22. The van der Waals surface area contributed by atoms with E-state index in [0.29, 0.717) is 46.1 Å². The van der Waals surface area contributed by atoms with Gasteiger partial charge in [-0.2, -0.15) is 0 Å². The quantitative estimate of drug-likeness (QED) is 0.0996. The lowest BCUT2D eigenvalue weighted by molar-refractivity contribution is -0.107. The number of aryl methyl sites for hydroxylation is 1. The number of halogens is 3. The van der Waals surface area contributed by atoms with Crippen LogP contribution < -0.4 is 10.1 Å². The summed E-state index contributed by atoms with van der Waals surface area (Å²) in [5.41, 5.74) is 3.24. The molecule has 53 heavy (non-hydrogen) atoms. The van der Waals surface area contributed by atoms with Crippen molar-refractivity contribution in [3.8, 4) is 28.1 Å². The van der Waals surface area contributed by atoms with Crippen molar-refractivity contribution in [2.75, 3.05) is 25.6 Å². The normalized spacial score (nSPS) is 12.0. The Hall–Kier alpha value is -4.03. The molecule has 0 spiro atoms. The molecule has 0 unspecified atom stereocenters. The SMILES string of the molecule is COc1cc(-c2nccc(-c3cccc(Nc4nccc(CN(CCO[Si](C)(C)C(C)(C)C)C(=O)OC(C)(C)C)c4F)c3Cl)c2Cl)ccc1CCC=O. The molecule has 4 aromatic rings. The van der Waals surface area contributed by atoms with Gasteiger partial charge in [0.05, 0.1) is 41.7 Å². The number of aldehydes is 1. The van der Waals surface area contributed by atoms with Gasteiger partial charge in [0.25, 0.3) is 0 Å². The van der Waals surface area contributed by atoms with E-state index in [1.165, 1.54) is 17.2 Å². The first-order chi connectivity index (χ1) is 24.9. The van der Waals surface area contributed by atoms with Crippen LogP contribution in [0.5, 0.6) is 5.75 Å². The fraction of sp³-hybridized carbons (Fsp3) is 0.400. The number of carbonyl (C=O) groups excluding carboxylic acids is 2. The molecule has 0 aliphatic carbocycles. The van der Waals surface area contributed by atoms with Gasteiger partial charge in [-0.15, -0.1) is 0 Å². The summed E-state index contributed by atoms with van der Waals surface area (Å²) in [6.07, 6.45) is 4.35. The number of amides is 1. The molecule has 2 heterocycles. The minimum atomic E-state index is -2.09. The van der Waals surface area contributed by atoms with E-state index in [4.69, 9.17) is 37.1 Å². The van der Waals surface area contributed by atoms with Crippen molar-refractivity contribution in [2.24, 2.45) is 0 Å². The number of methoxy groups -OCH3 is 1. The number of ether oxygens (including phenoxy) is 2. The highest BCUT2D eigenvalue weighted by Gasteiger charge is 2.37. The van der Waals surface area contributed by atoms with E-state index in [1.54, 1.807) is 52.3 Å². The average molecular weight is 784 g/mol. The van der Waals surface area contributed by atoms with Crippen LogP contribution in [0.25, 0.3) is 22.4 Å². The van der Waals surface area contributed by atoms with Crippen LogP contribution in [0, 0.1) is 5.82 Å². The van der Waals surface area contributed by atoms with Crippen molar-refractivity contribution in [1.29, 1.82) is 0 Å². The Bertz CT molecular complexity index is 1930. The van der Waals surface area contributed by atoms with E-state index in [-0.39, 0.29) is 41.1 Å². The summed E-state index contributed by atoms with van der Waals surface area (Å²) < 4.78 is 33.8. The highest BCUT2D eigenvalue weighted by molar-refractivity contribution is 6.74. The molecule has 0 radical (unpaired) electrons. The van der Waals surface area contributed by atoms with E-state index in [9.17, 15) is 9.59 Å². The summed E-state index contributed by atoms with van der Waals surface area (Å²) in [7, 11) is -0.517. The minimum absolute atomic E-state index is 0.00959. The van der Waals surface area contributed by atoms with Crippen molar-refractivity contribution < 1.29 is 27.9 Å². The van der Waals surface area contributed by atoms with Gasteiger partial charge in [-0.25, -0.2) is 14.2 Å². The third kappa shape index (κ3) is 10.6. The molecule has 1 N–H and O–H groups in total. The van der Waals surface area contributed by atoms with Crippen LogP contribution in [0.15, 0.2) is 60.9 Å². The monoisotopic (exact) mass is 782 g/mol. The van der Waals surface area contributed by atoms with E-state index < -0.39 is 25.8 Å². The second-order valence-electron chi connectivity index (χ2n) is 15.2. The van der Waals surface area contributed by atoms with Gasteiger partial charge in [0.1, 0.15) is 17.6 Å². The summed E-state index contributed by atoms with van der Waals surface area (Å²) in [5, 5.41) is 3.69. The highest BCUT2D eigenvalue weighted by Crippen LogP contribution is 2.42. The lowest BCUT2D eigenvalue weighted by Crippen LogP contribution is -2.44. The first-order valence-electron chi connectivity index (χ1n) is 17.4. The van der Waals surface area contributed by atoms with Crippen LogP contribution in [0.1, 0.15) is 59.1 Å². The lowest BCUT2D eigenvalue weighted by atomic mass is 10.0. The highest BCUT2D eigenvalue weighted by atomic mass is 35.5. The molecule has 4 rings (SSSR count). The molecule has 9 nitrogen and oxygen atoms in total. The number of benzene rings is 2. The van der Waals surface area contributed by atoms with Crippen molar-refractivity contribution in [3.05, 3.63) is 87.9 Å². The predicted octanol–water partition coefficient (Wildman–Crippen LogP) is 10.9. The van der Waals surface area contributed by atoms with Crippen LogP contribution in [0.3, 0.4) is 0 Å². The van der Waals surface area contributed by atoms with Gasteiger partial charge in [-0.1, -0.05) is 68.2 Å². The summed E-state index contributed by atoms with van der Waals surface area (Å²) in [5.74, 6) is -0.0728. The summed E-state index contributed by atoms with van der Waals surface area (Å²) in [6, 6.07) is 14.2. The van der Waals surface area contributed by atoms with Crippen molar-refractivity contribution in [2.45, 2.75) is 84.7 Å². The number of nitrogens with one attached hydrogen (secondary N) is 1. The van der Waals surface area contributed by atoms with E-state index in [1.807, 2.05) is 24.3 Å². The number of pyridine rings is 2. The van der Waals surface area contributed by atoms with E-state index >= 15 is 4.39 Å². The molecular weight excluding hydrogens is 734 g/mol. The molecule has 0 fully saturated rings. The Balaban J connectivity index is 1.61. The van der Waals surface area contributed by atoms with Gasteiger partial charge < -0.3 is 28.9 Å². The molecule has 0 bridgehead atoms. The van der Waals surface area contributed by atoms with E-state index in [2.05, 4.69) is 49.1 Å². The Morgan fingerprint density at radius 3 is 2.32 bits per heavy atom. The topological polar surface area (TPSA) is 103 Å². The van der Waals surface area contributed by atoms with Gasteiger partial charge in [0, 0.05) is 47.6 Å². The standard InChI is InChI=1S/C40H49Cl2FN4O5Si/c1-39(2,3)52-38(49)47(21-23-51-53(8,9)40(4,5)6)25-28-17-19-45-37(35(28)43)46-31-14-10-13-29(33(31)41)30-18-20-44-36(34(30)42)27-16-15-26(12-11-22-48)32(24-27)50-7/h10,13-20,22,24H,11-12,21,23,25H2,1-9H3,(H,45,46). The van der Waals surface area contributed by atoms with Crippen molar-refractivity contribution in [3.63, 3.8) is 0 Å². The van der Waals surface area contributed by atoms with Gasteiger partial charge >= 0.3 is 6.09 Å². The molecule has 0 saturated heterocycles. The molecule has 1 amide bonds. The number of aromatic nitrogens is 2. The first kappa shape index (κ1) is 41.7. The van der Waals surface area contributed by atoms with Crippen LogP contribution in [0.2, 0.25) is 28.2 Å². The van der Waals surface area contributed by atoms with Gasteiger partial charge in [-0.3, -0.25) is 4.98 Å². The summed E-state index contributed by atoms with van der Waals surface area (Å²) >= 11 is 13.9. The molecule has 2 aromatic heterocycles. The molecular formula is C40H49Cl2FN4O5Si. The van der Waals surface area contributed by atoms with Crippen LogP contribution in [-0.4, -0.2) is 61.4 Å². The first-order valence-corrected chi connectivity index (χ1v) is 21.1. The summed E-state index contributed by atoms with van der Waals surface area (Å²) in [4.78, 5) is 34.5. The Morgan fingerprint density at radius 2 is 1.66 bits per heavy atom.